The zero-order valence-corrected chi connectivity index (χ0v) is 11.0. The molecule has 0 saturated heterocycles. The van der Waals surface area contributed by atoms with Crippen molar-refractivity contribution in [3.05, 3.63) is 69.3 Å². The minimum absolute atomic E-state index is 0.0314. The van der Waals surface area contributed by atoms with Crippen LogP contribution in [0.15, 0.2) is 42.5 Å². The molecule has 5 heteroatoms. The van der Waals surface area contributed by atoms with Crippen LogP contribution in [0, 0.1) is 28.4 Å². The molecule has 0 bridgehead atoms. The summed E-state index contributed by atoms with van der Waals surface area (Å²) >= 11 is 0. The lowest BCUT2D eigenvalue weighted by Gasteiger charge is -2.08. The lowest BCUT2D eigenvalue weighted by Crippen LogP contribution is -2.03. The van der Waals surface area contributed by atoms with Crippen molar-refractivity contribution in [2.45, 2.75) is 13.5 Å². The largest absolute Gasteiger partial charge is 0.375 e. The Morgan fingerprint density at radius 2 is 1.95 bits per heavy atom. The first-order valence-corrected chi connectivity index (χ1v) is 6.08. The fourth-order valence-electron chi connectivity index (χ4n) is 1.81. The number of aryl methyl sites for hydroxylation is 1. The number of nitro benzene ring substituents is 1. The van der Waals surface area contributed by atoms with Gasteiger partial charge in [0.15, 0.2) is 0 Å². The second kappa shape index (κ2) is 5.85. The summed E-state index contributed by atoms with van der Waals surface area (Å²) in [6.45, 7) is 2.47. The van der Waals surface area contributed by atoms with Gasteiger partial charge in [0.25, 0.3) is 5.69 Å². The van der Waals surface area contributed by atoms with Gasteiger partial charge in [-0.3, -0.25) is 10.1 Å². The van der Waals surface area contributed by atoms with E-state index in [0.717, 1.165) is 11.1 Å². The molecule has 0 aliphatic rings. The van der Waals surface area contributed by atoms with Crippen molar-refractivity contribution < 1.29 is 4.92 Å². The van der Waals surface area contributed by atoms with E-state index in [2.05, 4.69) is 5.32 Å². The molecular formula is C15H13N3O2. The van der Waals surface area contributed by atoms with Gasteiger partial charge < -0.3 is 5.32 Å². The summed E-state index contributed by atoms with van der Waals surface area (Å²) in [5.74, 6) is 0. The third-order valence-electron chi connectivity index (χ3n) is 2.93. The van der Waals surface area contributed by atoms with E-state index >= 15 is 0 Å². The quantitative estimate of drug-likeness (QED) is 0.680. The van der Waals surface area contributed by atoms with Crippen molar-refractivity contribution in [2.75, 3.05) is 5.32 Å². The van der Waals surface area contributed by atoms with Gasteiger partial charge in [-0.15, -0.1) is 0 Å². The zero-order valence-electron chi connectivity index (χ0n) is 11.0. The fourth-order valence-corrected chi connectivity index (χ4v) is 1.81. The molecule has 0 aliphatic heterocycles. The van der Waals surface area contributed by atoms with E-state index in [9.17, 15) is 10.1 Å². The average Bonchev–Trinajstić information content (AvgIpc) is 2.46. The van der Waals surface area contributed by atoms with Crippen molar-refractivity contribution in [2.24, 2.45) is 0 Å². The molecule has 0 aromatic heterocycles. The molecule has 0 unspecified atom stereocenters. The monoisotopic (exact) mass is 267 g/mol. The van der Waals surface area contributed by atoms with E-state index in [4.69, 9.17) is 5.26 Å². The SMILES string of the molecule is Cc1ccc(CNc2cc(C#N)ccc2[N+](=O)[O-])cc1. The van der Waals surface area contributed by atoms with Gasteiger partial charge in [0.05, 0.1) is 16.6 Å². The van der Waals surface area contributed by atoms with Gasteiger partial charge in [-0.2, -0.15) is 5.26 Å². The van der Waals surface area contributed by atoms with Gasteiger partial charge in [0, 0.05) is 12.6 Å². The van der Waals surface area contributed by atoms with Gasteiger partial charge in [-0.05, 0) is 24.6 Å². The molecule has 0 radical (unpaired) electrons. The van der Waals surface area contributed by atoms with E-state index in [-0.39, 0.29) is 5.69 Å². The molecule has 0 heterocycles. The molecule has 100 valence electrons. The molecular weight excluding hydrogens is 254 g/mol. The van der Waals surface area contributed by atoms with Crippen molar-refractivity contribution in [3.8, 4) is 6.07 Å². The Morgan fingerprint density at radius 3 is 2.55 bits per heavy atom. The third-order valence-corrected chi connectivity index (χ3v) is 2.93. The van der Waals surface area contributed by atoms with Crippen LogP contribution in [0.25, 0.3) is 0 Å². The predicted octanol–water partition coefficient (Wildman–Crippen LogP) is 3.39. The van der Waals surface area contributed by atoms with Crippen LogP contribution in [0.2, 0.25) is 0 Å². The maximum atomic E-state index is 11.0. The van der Waals surface area contributed by atoms with Gasteiger partial charge in [-0.1, -0.05) is 29.8 Å². The molecule has 20 heavy (non-hydrogen) atoms. The number of benzene rings is 2. The minimum Gasteiger partial charge on any atom is -0.375 e. The molecule has 1 N–H and O–H groups in total. The number of nitro groups is 1. The Bertz CT molecular complexity index is 673. The van der Waals surface area contributed by atoms with Crippen molar-refractivity contribution >= 4 is 11.4 Å². The van der Waals surface area contributed by atoms with E-state index in [1.165, 1.54) is 18.2 Å². The van der Waals surface area contributed by atoms with Crippen LogP contribution in [0.1, 0.15) is 16.7 Å². The van der Waals surface area contributed by atoms with Gasteiger partial charge in [0.2, 0.25) is 0 Å². The van der Waals surface area contributed by atoms with Crippen LogP contribution < -0.4 is 5.32 Å². The maximum absolute atomic E-state index is 11.0. The van der Waals surface area contributed by atoms with E-state index in [1.807, 2.05) is 37.3 Å². The number of hydrogen-bond acceptors (Lipinski definition) is 4. The standard InChI is InChI=1S/C15H13N3O2/c1-11-2-4-12(5-3-11)10-17-14-8-13(9-16)6-7-15(14)18(19)20/h2-8,17H,10H2,1H3. The van der Waals surface area contributed by atoms with Crippen molar-refractivity contribution in [1.29, 1.82) is 5.26 Å². The average molecular weight is 267 g/mol. The van der Waals surface area contributed by atoms with E-state index in [0.29, 0.717) is 17.8 Å². The topological polar surface area (TPSA) is 79.0 Å². The molecule has 2 aromatic carbocycles. The zero-order chi connectivity index (χ0) is 14.5. The Kier molecular flexibility index (Phi) is 3.96. The number of hydrogen-bond donors (Lipinski definition) is 1. The highest BCUT2D eigenvalue weighted by Crippen LogP contribution is 2.25. The molecule has 2 rings (SSSR count). The minimum atomic E-state index is -0.460. The first-order chi connectivity index (χ1) is 9.60. The lowest BCUT2D eigenvalue weighted by molar-refractivity contribution is -0.384. The number of nitrogens with zero attached hydrogens (tertiary/aromatic N) is 2. The maximum Gasteiger partial charge on any atom is 0.292 e. The van der Waals surface area contributed by atoms with Crippen LogP contribution in [-0.2, 0) is 6.54 Å². The highest BCUT2D eigenvalue weighted by molar-refractivity contribution is 5.64. The molecule has 2 aromatic rings. The Balaban J connectivity index is 2.21. The normalized spacial score (nSPS) is 9.80. The molecule has 0 fully saturated rings. The van der Waals surface area contributed by atoms with Crippen LogP contribution >= 0.6 is 0 Å². The summed E-state index contributed by atoms with van der Waals surface area (Å²) in [7, 11) is 0. The van der Waals surface area contributed by atoms with E-state index < -0.39 is 4.92 Å². The van der Waals surface area contributed by atoms with Gasteiger partial charge in [-0.25, -0.2) is 0 Å². The summed E-state index contributed by atoms with van der Waals surface area (Å²) < 4.78 is 0. The molecule has 0 saturated carbocycles. The van der Waals surface area contributed by atoms with Crippen molar-refractivity contribution in [1.82, 2.24) is 0 Å². The summed E-state index contributed by atoms with van der Waals surface area (Å²) in [6.07, 6.45) is 0. The van der Waals surface area contributed by atoms with E-state index in [1.54, 1.807) is 0 Å². The second-order valence-corrected chi connectivity index (χ2v) is 4.44. The van der Waals surface area contributed by atoms with Crippen LogP contribution in [0.5, 0.6) is 0 Å². The van der Waals surface area contributed by atoms with Crippen molar-refractivity contribution in [3.63, 3.8) is 0 Å². The number of rotatable bonds is 4. The Morgan fingerprint density at radius 1 is 1.25 bits per heavy atom. The highest BCUT2D eigenvalue weighted by Gasteiger charge is 2.13. The summed E-state index contributed by atoms with van der Waals surface area (Å²) in [6, 6.07) is 14.1. The predicted molar refractivity (Wildman–Crippen MR) is 76.3 cm³/mol. The summed E-state index contributed by atoms with van der Waals surface area (Å²) in [5.41, 5.74) is 2.89. The lowest BCUT2D eigenvalue weighted by atomic mass is 10.1. The molecule has 0 atom stereocenters. The third kappa shape index (κ3) is 3.12. The first kappa shape index (κ1) is 13.6. The smallest absolute Gasteiger partial charge is 0.292 e. The number of anilines is 1. The van der Waals surface area contributed by atoms with Crippen LogP contribution in [0.3, 0.4) is 0 Å². The second-order valence-electron chi connectivity index (χ2n) is 4.44. The Hall–Kier alpha value is -2.87. The number of nitriles is 1. The fraction of sp³-hybridized carbons (Fsp3) is 0.133. The van der Waals surface area contributed by atoms with Crippen LogP contribution in [-0.4, -0.2) is 4.92 Å². The molecule has 5 nitrogen and oxygen atoms in total. The van der Waals surface area contributed by atoms with Gasteiger partial charge in [0.1, 0.15) is 5.69 Å². The number of nitrogens with one attached hydrogen (secondary N) is 1. The summed E-state index contributed by atoms with van der Waals surface area (Å²) in [5, 5.41) is 22.8. The highest BCUT2D eigenvalue weighted by atomic mass is 16.6. The molecule has 0 amide bonds. The first-order valence-electron chi connectivity index (χ1n) is 6.08. The molecule has 0 spiro atoms. The molecule has 0 aliphatic carbocycles. The summed E-state index contributed by atoms with van der Waals surface area (Å²) in [4.78, 5) is 10.5. The van der Waals surface area contributed by atoms with Gasteiger partial charge >= 0.3 is 0 Å². The van der Waals surface area contributed by atoms with Crippen LogP contribution in [0.4, 0.5) is 11.4 Å². The Labute approximate surface area is 116 Å².